The predicted molar refractivity (Wildman–Crippen MR) is 76.9 cm³/mol. The van der Waals surface area contributed by atoms with Gasteiger partial charge in [0.05, 0.1) is 5.39 Å². The van der Waals surface area contributed by atoms with Gasteiger partial charge in [0.25, 0.3) is 0 Å². The van der Waals surface area contributed by atoms with E-state index in [1.165, 1.54) is 23.3 Å². The highest BCUT2D eigenvalue weighted by Gasteiger charge is 2.20. The van der Waals surface area contributed by atoms with Gasteiger partial charge in [-0.3, -0.25) is 0 Å². The van der Waals surface area contributed by atoms with Gasteiger partial charge in [0.15, 0.2) is 0 Å². The predicted octanol–water partition coefficient (Wildman–Crippen LogP) is 1.43. The molecule has 3 rings (SSSR count). The van der Waals surface area contributed by atoms with Crippen LogP contribution in [0.1, 0.15) is 35.5 Å². The van der Waals surface area contributed by atoms with Gasteiger partial charge in [-0.1, -0.05) is 0 Å². The minimum atomic E-state index is -1.05. The van der Waals surface area contributed by atoms with Crippen molar-refractivity contribution in [1.82, 2.24) is 9.97 Å². The van der Waals surface area contributed by atoms with E-state index in [0.29, 0.717) is 12.4 Å². The molecule has 2 heterocycles. The molecule has 1 aliphatic rings. The smallest absolute Gasteiger partial charge is 0.138 e. The molecule has 6 heteroatoms. The molecule has 0 fully saturated rings. The standard InChI is InChI=1S/C14H17N3O2S/c1-8-16-13(15-7-6-11(18)19)12-9-4-2-3-5-10(9)20-14(12)17-8/h2-7H2,1H3,(H,18,19)(H,15,16,17)/p-1. The van der Waals surface area contributed by atoms with Crippen LogP contribution in [0.3, 0.4) is 0 Å². The molecule has 0 aromatic carbocycles. The molecule has 5 nitrogen and oxygen atoms in total. The second-order valence-corrected chi connectivity index (χ2v) is 6.14. The topological polar surface area (TPSA) is 77.9 Å². The number of fused-ring (bicyclic) bond motifs is 3. The molecule has 0 radical (unpaired) electrons. The lowest BCUT2D eigenvalue weighted by atomic mass is 9.97. The van der Waals surface area contributed by atoms with Crippen molar-refractivity contribution in [3.05, 3.63) is 16.3 Å². The summed E-state index contributed by atoms with van der Waals surface area (Å²) >= 11 is 1.75. The number of rotatable bonds is 4. The van der Waals surface area contributed by atoms with E-state index in [9.17, 15) is 9.90 Å². The highest BCUT2D eigenvalue weighted by atomic mass is 32.1. The molecule has 0 unspecified atom stereocenters. The van der Waals surface area contributed by atoms with E-state index in [2.05, 4.69) is 15.3 Å². The average Bonchev–Trinajstić information content (AvgIpc) is 2.75. The van der Waals surface area contributed by atoms with E-state index in [1.54, 1.807) is 11.3 Å². The van der Waals surface area contributed by atoms with Gasteiger partial charge in [0.2, 0.25) is 0 Å². The van der Waals surface area contributed by atoms with E-state index in [-0.39, 0.29) is 6.42 Å². The lowest BCUT2D eigenvalue weighted by molar-refractivity contribution is -0.305. The van der Waals surface area contributed by atoms with Gasteiger partial charge in [-0.2, -0.15) is 0 Å². The minimum Gasteiger partial charge on any atom is -0.550 e. The van der Waals surface area contributed by atoms with Gasteiger partial charge < -0.3 is 15.2 Å². The van der Waals surface area contributed by atoms with E-state index < -0.39 is 5.97 Å². The second-order valence-electron chi connectivity index (χ2n) is 5.06. The lowest BCUT2D eigenvalue weighted by Gasteiger charge is -2.13. The molecular formula is C14H16N3O2S-. The van der Waals surface area contributed by atoms with Crippen LogP contribution in [0, 0.1) is 6.92 Å². The zero-order valence-electron chi connectivity index (χ0n) is 11.4. The number of carboxylic acids is 1. The maximum atomic E-state index is 10.5. The highest BCUT2D eigenvalue weighted by molar-refractivity contribution is 7.19. The van der Waals surface area contributed by atoms with Crippen LogP contribution in [0.4, 0.5) is 5.82 Å². The van der Waals surface area contributed by atoms with Crippen molar-refractivity contribution in [2.24, 2.45) is 0 Å². The van der Waals surface area contributed by atoms with Crippen LogP contribution < -0.4 is 10.4 Å². The molecule has 2 aromatic heterocycles. The first-order valence-electron chi connectivity index (χ1n) is 6.88. The Morgan fingerprint density at radius 1 is 1.35 bits per heavy atom. The van der Waals surface area contributed by atoms with Crippen LogP contribution in [-0.2, 0) is 17.6 Å². The number of aliphatic carboxylic acids is 1. The fourth-order valence-electron chi connectivity index (χ4n) is 2.67. The largest absolute Gasteiger partial charge is 0.550 e. The Morgan fingerprint density at radius 3 is 2.95 bits per heavy atom. The van der Waals surface area contributed by atoms with Gasteiger partial charge in [-0.05, 0) is 38.2 Å². The number of thiophene rings is 1. The molecule has 1 aliphatic carbocycles. The Labute approximate surface area is 121 Å². The molecular weight excluding hydrogens is 274 g/mol. The van der Waals surface area contributed by atoms with Crippen molar-refractivity contribution >= 4 is 33.3 Å². The summed E-state index contributed by atoms with van der Waals surface area (Å²) in [6, 6.07) is 0. The zero-order chi connectivity index (χ0) is 14.1. The normalized spacial score (nSPS) is 14.2. The Kier molecular flexibility index (Phi) is 3.56. The second kappa shape index (κ2) is 5.36. The van der Waals surface area contributed by atoms with Gasteiger partial charge in [0.1, 0.15) is 16.5 Å². The number of aryl methyl sites for hydroxylation is 3. The Balaban J connectivity index is 2.00. The maximum absolute atomic E-state index is 10.5. The van der Waals surface area contributed by atoms with Crippen molar-refractivity contribution in [2.45, 2.75) is 39.0 Å². The molecule has 0 spiro atoms. The third kappa shape index (κ3) is 2.47. The summed E-state index contributed by atoms with van der Waals surface area (Å²) in [7, 11) is 0. The number of anilines is 1. The molecule has 0 atom stereocenters. The van der Waals surface area contributed by atoms with E-state index >= 15 is 0 Å². The maximum Gasteiger partial charge on any atom is 0.138 e. The van der Waals surface area contributed by atoms with Crippen LogP contribution in [0.25, 0.3) is 10.2 Å². The van der Waals surface area contributed by atoms with Crippen molar-refractivity contribution in [2.75, 3.05) is 11.9 Å². The Morgan fingerprint density at radius 2 is 2.15 bits per heavy atom. The molecule has 2 aromatic rings. The number of carboxylic acid groups (broad SMARTS) is 1. The van der Waals surface area contributed by atoms with Gasteiger partial charge in [-0.15, -0.1) is 11.3 Å². The number of nitrogens with zero attached hydrogens (tertiary/aromatic N) is 2. The van der Waals surface area contributed by atoms with Crippen molar-refractivity contribution in [3.8, 4) is 0 Å². The fraction of sp³-hybridized carbons (Fsp3) is 0.500. The van der Waals surface area contributed by atoms with Crippen molar-refractivity contribution in [1.29, 1.82) is 0 Å². The summed E-state index contributed by atoms with van der Waals surface area (Å²) < 4.78 is 0. The molecule has 0 saturated carbocycles. The number of hydrogen-bond donors (Lipinski definition) is 1. The zero-order valence-corrected chi connectivity index (χ0v) is 12.2. The van der Waals surface area contributed by atoms with Gasteiger partial charge in [-0.25, -0.2) is 9.97 Å². The summed E-state index contributed by atoms with van der Waals surface area (Å²) in [6.45, 7) is 2.20. The number of nitrogens with one attached hydrogen (secondary N) is 1. The third-order valence-corrected chi connectivity index (χ3v) is 4.73. The molecule has 1 N–H and O–H groups in total. The fourth-order valence-corrected chi connectivity index (χ4v) is 3.98. The van der Waals surface area contributed by atoms with Crippen LogP contribution in [-0.4, -0.2) is 22.5 Å². The highest BCUT2D eigenvalue weighted by Crippen LogP contribution is 2.38. The molecule has 106 valence electrons. The van der Waals surface area contributed by atoms with E-state index in [0.717, 1.165) is 28.9 Å². The van der Waals surface area contributed by atoms with Crippen LogP contribution in [0.15, 0.2) is 0 Å². The quantitative estimate of drug-likeness (QED) is 0.921. The SMILES string of the molecule is Cc1nc(NCCC(=O)[O-])c2c3c(sc2n1)CCCC3. The first-order chi connectivity index (χ1) is 9.65. The molecule has 20 heavy (non-hydrogen) atoms. The van der Waals surface area contributed by atoms with Crippen molar-refractivity contribution in [3.63, 3.8) is 0 Å². The summed E-state index contributed by atoms with van der Waals surface area (Å²) in [5.74, 6) is 0.437. The van der Waals surface area contributed by atoms with Gasteiger partial charge in [0, 0.05) is 23.8 Å². The summed E-state index contributed by atoms with van der Waals surface area (Å²) in [6.07, 6.45) is 4.60. The lowest BCUT2D eigenvalue weighted by Crippen LogP contribution is -2.25. The Bertz CT molecular complexity index is 666. The van der Waals surface area contributed by atoms with Crippen LogP contribution in [0.2, 0.25) is 0 Å². The molecule has 0 saturated heterocycles. The van der Waals surface area contributed by atoms with E-state index in [1.807, 2.05) is 6.92 Å². The van der Waals surface area contributed by atoms with Crippen LogP contribution >= 0.6 is 11.3 Å². The minimum absolute atomic E-state index is 0.0170. The Hall–Kier alpha value is -1.69. The first kappa shape index (κ1) is 13.3. The molecule has 0 amide bonds. The summed E-state index contributed by atoms with van der Waals surface area (Å²) in [5, 5.41) is 14.7. The molecule has 0 aliphatic heterocycles. The number of carbonyl (C=O) groups excluding carboxylic acids is 1. The number of hydrogen-bond acceptors (Lipinski definition) is 6. The number of aromatic nitrogens is 2. The van der Waals surface area contributed by atoms with Gasteiger partial charge >= 0.3 is 0 Å². The summed E-state index contributed by atoms with van der Waals surface area (Å²) in [4.78, 5) is 21.9. The first-order valence-corrected chi connectivity index (χ1v) is 7.69. The van der Waals surface area contributed by atoms with Crippen molar-refractivity contribution < 1.29 is 9.90 Å². The average molecular weight is 290 g/mol. The third-order valence-electron chi connectivity index (χ3n) is 3.55. The van der Waals surface area contributed by atoms with Crippen LogP contribution in [0.5, 0.6) is 0 Å². The number of carbonyl (C=O) groups is 1. The van der Waals surface area contributed by atoms with E-state index in [4.69, 9.17) is 0 Å². The summed E-state index contributed by atoms with van der Waals surface area (Å²) in [5.41, 5.74) is 1.35. The monoisotopic (exact) mass is 290 g/mol. The molecule has 0 bridgehead atoms.